The number of likely N-dealkylation sites (tertiary alicyclic amines) is 1. The molecule has 0 amide bonds. The molecule has 0 aromatic heterocycles. The van der Waals surface area contributed by atoms with Crippen LogP contribution in [0.5, 0.6) is 0 Å². The lowest BCUT2D eigenvalue weighted by atomic mass is 10.2. The van der Waals surface area contributed by atoms with Gasteiger partial charge in [-0.05, 0) is 67.5 Å². The van der Waals surface area contributed by atoms with Gasteiger partial charge in [0.15, 0.2) is 0 Å². The van der Waals surface area contributed by atoms with Crippen molar-refractivity contribution < 1.29 is 8.85 Å². The molecular weight excluding hydrogens is 254 g/mol. The lowest BCUT2D eigenvalue weighted by molar-refractivity contribution is 0.0276. The van der Waals surface area contributed by atoms with Gasteiger partial charge < -0.3 is 13.8 Å². The predicted molar refractivity (Wildman–Crippen MR) is 82.3 cm³/mol. The Labute approximate surface area is 121 Å². The third-order valence-corrected chi connectivity index (χ3v) is 5.28. The van der Waals surface area contributed by atoms with Gasteiger partial charge in [-0.15, -0.1) is 0 Å². The molecule has 1 rings (SSSR count). The topological polar surface area (TPSA) is 21.7 Å². The minimum atomic E-state index is -1.25. The normalized spacial score (nSPS) is 19.7. The van der Waals surface area contributed by atoms with Crippen molar-refractivity contribution in [3.05, 3.63) is 0 Å². The van der Waals surface area contributed by atoms with E-state index >= 15 is 0 Å². The van der Waals surface area contributed by atoms with E-state index in [1.165, 1.54) is 38.8 Å². The van der Waals surface area contributed by atoms with E-state index in [4.69, 9.17) is 8.85 Å². The zero-order valence-corrected chi connectivity index (χ0v) is 14.7. The molecule has 1 fully saturated rings. The minimum Gasteiger partial charge on any atom is -0.388 e. The van der Waals surface area contributed by atoms with Crippen LogP contribution in [0.25, 0.3) is 0 Å². The van der Waals surface area contributed by atoms with E-state index in [2.05, 4.69) is 46.4 Å². The van der Waals surface area contributed by atoms with E-state index in [0.717, 1.165) is 6.17 Å². The van der Waals surface area contributed by atoms with E-state index < -0.39 is 9.28 Å². The molecule has 0 aromatic rings. The molecule has 113 valence electrons. The van der Waals surface area contributed by atoms with E-state index in [1.807, 2.05) is 0 Å². The maximum Gasteiger partial charge on any atom is 0.400 e. The Morgan fingerprint density at radius 3 is 1.58 bits per heavy atom. The van der Waals surface area contributed by atoms with E-state index in [-0.39, 0.29) is 11.2 Å². The second kappa shape index (κ2) is 7.20. The van der Waals surface area contributed by atoms with Crippen molar-refractivity contribution in [1.82, 2.24) is 4.90 Å². The quantitative estimate of drug-likeness (QED) is 0.738. The Morgan fingerprint density at radius 1 is 0.789 bits per heavy atom. The van der Waals surface area contributed by atoms with Crippen molar-refractivity contribution >= 4 is 9.28 Å². The third kappa shape index (κ3) is 8.79. The van der Waals surface area contributed by atoms with Crippen LogP contribution in [0.2, 0.25) is 0 Å². The molecule has 0 bridgehead atoms. The Bertz CT molecular complexity index is 234. The summed E-state index contributed by atoms with van der Waals surface area (Å²) in [6.45, 7) is 15.1. The van der Waals surface area contributed by atoms with Crippen LogP contribution in [-0.2, 0) is 8.85 Å². The molecule has 1 radical (unpaired) electrons. The summed E-state index contributed by atoms with van der Waals surface area (Å²) < 4.78 is 12.4. The second-order valence-electron chi connectivity index (χ2n) is 7.49. The van der Waals surface area contributed by atoms with Crippen LogP contribution in [-0.4, -0.2) is 44.6 Å². The summed E-state index contributed by atoms with van der Waals surface area (Å²) in [6.07, 6.45) is 6.37. The van der Waals surface area contributed by atoms with Crippen molar-refractivity contribution in [2.45, 2.75) is 78.4 Å². The van der Waals surface area contributed by atoms with Crippen LogP contribution in [0.3, 0.4) is 0 Å². The van der Waals surface area contributed by atoms with E-state index in [0.29, 0.717) is 0 Å². The first-order valence-corrected chi connectivity index (χ1v) is 9.14. The van der Waals surface area contributed by atoms with Crippen molar-refractivity contribution in [3.63, 3.8) is 0 Å². The molecular formula is C15H32NO2Si. The fourth-order valence-electron chi connectivity index (χ4n) is 2.25. The molecule has 1 aliphatic heterocycles. The van der Waals surface area contributed by atoms with Gasteiger partial charge in [0, 0.05) is 6.17 Å². The first-order valence-electron chi connectivity index (χ1n) is 7.62. The monoisotopic (exact) mass is 286 g/mol. The first kappa shape index (κ1) is 17.1. The van der Waals surface area contributed by atoms with Crippen LogP contribution < -0.4 is 0 Å². The van der Waals surface area contributed by atoms with Gasteiger partial charge in [0.05, 0.1) is 11.2 Å². The van der Waals surface area contributed by atoms with Crippen LogP contribution in [0.15, 0.2) is 0 Å². The average Bonchev–Trinajstić information content (AvgIpc) is 2.40. The first-order chi connectivity index (χ1) is 8.66. The summed E-state index contributed by atoms with van der Waals surface area (Å²) in [4.78, 5) is 2.54. The van der Waals surface area contributed by atoms with E-state index in [9.17, 15) is 0 Å². The van der Waals surface area contributed by atoms with Gasteiger partial charge in [0.2, 0.25) is 0 Å². The van der Waals surface area contributed by atoms with Gasteiger partial charge in [-0.25, -0.2) is 0 Å². The number of nitrogens with zero attached hydrogens (tertiary/aromatic N) is 1. The minimum absolute atomic E-state index is 0.120. The summed E-state index contributed by atoms with van der Waals surface area (Å²) in [6, 6.07) is 0. The molecule has 1 aliphatic rings. The van der Waals surface area contributed by atoms with Crippen LogP contribution in [0, 0.1) is 0 Å². The summed E-state index contributed by atoms with van der Waals surface area (Å²) in [5.74, 6) is 0. The standard InChI is InChI=1S/C15H32NO2Si/c1-14(2,3)17-19(18-15(4,5)6)13-16-11-9-7-8-10-12-16/h7-13H2,1-6H3. The maximum atomic E-state index is 6.20. The summed E-state index contributed by atoms with van der Waals surface area (Å²) in [5.41, 5.74) is -0.239. The number of hydrogen-bond donors (Lipinski definition) is 0. The SMILES string of the molecule is CC(C)(C)O[Si](CN1CCCCCC1)OC(C)(C)C. The second-order valence-corrected chi connectivity index (χ2v) is 8.96. The van der Waals surface area contributed by atoms with Crippen LogP contribution in [0.1, 0.15) is 67.2 Å². The molecule has 0 aliphatic carbocycles. The Hall–Kier alpha value is 0.0969. The van der Waals surface area contributed by atoms with Crippen LogP contribution in [0.4, 0.5) is 0 Å². The molecule has 0 aromatic carbocycles. The highest BCUT2D eigenvalue weighted by molar-refractivity contribution is 6.44. The number of rotatable bonds is 4. The highest BCUT2D eigenvalue weighted by Gasteiger charge is 2.30. The van der Waals surface area contributed by atoms with Gasteiger partial charge in [-0.3, -0.25) is 0 Å². The van der Waals surface area contributed by atoms with Gasteiger partial charge in [0.25, 0.3) is 0 Å². The van der Waals surface area contributed by atoms with Crippen molar-refractivity contribution in [2.75, 3.05) is 19.3 Å². The molecule has 0 N–H and O–H groups in total. The molecule has 0 unspecified atom stereocenters. The van der Waals surface area contributed by atoms with Crippen molar-refractivity contribution in [1.29, 1.82) is 0 Å². The maximum absolute atomic E-state index is 6.20. The summed E-state index contributed by atoms with van der Waals surface area (Å²) in [7, 11) is -1.25. The van der Waals surface area contributed by atoms with Crippen LogP contribution >= 0.6 is 0 Å². The van der Waals surface area contributed by atoms with Gasteiger partial charge in [-0.2, -0.15) is 0 Å². The predicted octanol–water partition coefficient (Wildman–Crippen LogP) is 3.52. The fourth-order valence-corrected chi connectivity index (χ4v) is 4.46. The number of hydrogen-bond acceptors (Lipinski definition) is 3. The molecule has 1 saturated heterocycles. The Morgan fingerprint density at radius 2 is 1.21 bits per heavy atom. The Kier molecular flexibility index (Phi) is 6.50. The molecule has 4 heteroatoms. The van der Waals surface area contributed by atoms with Crippen molar-refractivity contribution in [2.24, 2.45) is 0 Å². The third-order valence-electron chi connectivity index (χ3n) is 2.89. The zero-order valence-electron chi connectivity index (χ0n) is 13.7. The van der Waals surface area contributed by atoms with Crippen molar-refractivity contribution in [3.8, 4) is 0 Å². The Balaban J connectivity index is 2.56. The molecule has 19 heavy (non-hydrogen) atoms. The molecule has 0 spiro atoms. The van der Waals surface area contributed by atoms with E-state index in [1.54, 1.807) is 0 Å². The van der Waals surface area contributed by atoms with Gasteiger partial charge >= 0.3 is 9.28 Å². The zero-order chi connectivity index (χ0) is 14.5. The summed E-state index contributed by atoms with van der Waals surface area (Å²) >= 11 is 0. The summed E-state index contributed by atoms with van der Waals surface area (Å²) in [5, 5.41) is 0. The lowest BCUT2D eigenvalue weighted by Crippen LogP contribution is -2.47. The highest BCUT2D eigenvalue weighted by Crippen LogP contribution is 2.17. The average molecular weight is 287 g/mol. The lowest BCUT2D eigenvalue weighted by Gasteiger charge is -2.33. The fraction of sp³-hybridized carbons (Fsp3) is 1.00. The molecule has 1 heterocycles. The molecule has 0 saturated carbocycles. The molecule has 3 nitrogen and oxygen atoms in total. The van der Waals surface area contributed by atoms with Gasteiger partial charge in [0.1, 0.15) is 0 Å². The molecule has 0 atom stereocenters. The smallest absolute Gasteiger partial charge is 0.388 e. The van der Waals surface area contributed by atoms with Gasteiger partial charge in [-0.1, -0.05) is 12.8 Å². The largest absolute Gasteiger partial charge is 0.400 e. The highest BCUT2D eigenvalue weighted by atomic mass is 28.3.